The predicted octanol–water partition coefficient (Wildman–Crippen LogP) is 5.44. The fourth-order valence-electron chi connectivity index (χ4n) is 2.36. The van der Waals surface area contributed by atoms with Crippen molar-refractivity contribution in [2.24, 2.45) is 0 Å². The first-order valence-corrected chi connectivity index (χ1v) is 12.0. The maximum absolute atomic E-state index is 6.41. The number of hydrogen-bond donors (Lipinski definition) is 0. The minimum absolute atomic E-state index is 0.208. The van der Waals surface area contributed by atoms with Crippen LogP contribution in [0.3, 0.4) is 0 Å². The second-order valence-electron chi connectivity index (χ2n) is 5.75. The Morgan fingerprint density at radius 3 is 1.52 bits per heavy atom. The van der Waals surface area contributed by atoms with E-state index in [1.807, 2.05) is 0 Å². The Balaban J connectivity index is 5.01. The summed E-state index contributed by atoms with van der Waals surface area (Å²) in [5, 5.41) is 0. The van der Waals surface area contributed by atoms with Crippen LogP contribution < -0.4 is 0 Å². The summed E-state index contributed by atoms with van der Waals surface area (Å²) in [7, 11) is -2.45. The second kappa shape index (κ2) is 14.7. The summed E-state index contributed by atoms with van der Waals surface area (Å²) in [6.07, 6.45) is 4.19. The summed E-state index contributed by atoms with van der Waals surface area (Å²) in [5.74, 6) is 0.542. The van der Waals surface area contributed by atoms with Crippen LogP contribution in [0.15, 0.2) is 0 Å². The molecular formula is C17H37ClO4Si. The number of hydrogen-bond acceptors (Lipinski definition) is 4. The SMILES string of the molecule is CCCOC(CC)O[Si](CCC)(CCCl)OC(CC)OCCC. The molecule has 0 N–H and O–H groups in total. The Morgan fingerprint density at radius 1 is 0.739 bits per heavy atom. The van der Waals surface area contributed by atoms with Crippen molar-refractivity contribution in [2.45, 2.75) is 91.4 Å². The highest BCUT2D eigenvalue weighted by atomic mass is 35.5. The van der Waals surface area contributed by atoms with Crippen molar-refractivity contribution in [3.63, 3.8) is 0 Å². The molecule has 0 fully saturated rings. The first-order chi connectivity index (χ1) is 11.1. The van der Waals surface area contributed by atoms with Gasteiger partial charge in [-0.05, 0) is 31.7 Å². The normalized spacial score (nSPS) is 17.0. The molecule has 0 aliphatic rings. The zero-order chi connectivity index (χ0) is 17.6. The van der Waals surface area contributed by atoms with E-state index < -0.39 is 8.56 Å². The molecule has 0 heterocycles. The minimum Gasteiger partial charge on any atom is -0.367 e. The van der Waals surface area contributed by atoms with Gasteiger partial charge < -0.3 is 18.3 Å². The Morgan fingerprint density at radius 2 is 1.22 bits per heavy atom. The monoisotopic (exact) mass is 368 g/mol. The summed E-state index contributed by atoms with van der Waals surface area (Å²) < 4.78 is 24.5. The van der Waals surface area contributed by atoms with Crippen LogP contribution in [0.5, 0.6) is 0 Å². The molecule has 0 bridgehead atoms. The molecular weight excluding hydrogens is 332 g/mol. The molecule has 2 unspecified atom stereocenters. The molecule has 0 rings (SSSR count). The van der Waals surface area contributed by atoms with Crippen LogP contribution >= 0.6 is 11.6 Å². The quantitative estimate of drug-likeness (QED) is 0.206. The van der Waals surface area contributed by atoms with E-state index in [9.17, 15) is 0 Å². The van der Waals surface area contributed by atoms with Crippen molar-refractivity contribution in [3.05, 3.63) is 0 Å². The third-order valence-corrected chi connectivity index (χ3v) is 7.65. The lowest BCUT2D eigenvalue weighted by molar-refractivity contribution is -0.138. The lowest BCUT2D eigenvalue weighted by atomic mass is 10.5. The van der Waals surface area contributed by atoms with E-state index in [-0.39, 0.29) is 12.6 Å². The molecule has 0 aliphatic carbocycles. The molecule has 140 valence electrons. The minimum atomic E-state index is -2.45. The Kier molecular flexibility index (Phi) is 14.9. The van der Waals surface area contributed by atoms with Gasteiger partial charge in [0.2, 0.25) is 0 Å². The van der Waals surface area contributed by atoms with Gasteiger partial charge in [-0.3, -0.25) is 0 Å². The average molecular weight is 369 g/mol. The van der Waals surface area contributed by atoms with E-state index in [0.29, 0.717) is 19.1 Å². The van der Waals surface area contributed by atoms with Crippen LogP contribution in [0.4, 0.5) is 0 Å². The maximum Gasteiger partial charge on any atom is 0.343 e. The first-order valence-electron chi connectivity index (χ1n) is 9.25. The van der Waals surface area contributed by atoms with Crippen LogP contribution in [0.2, 0.25) is 12.1 Å². The average Bonchev–Trinajstić information content (AvgIpc) is 2.55. The van der Waals surface area contributed by atoms with Crippen molar-refractivity contribution < 1.29 is 18.3 Å². The summed E-state index contributed by atoms with van der Waals surface area (Å²) in [6.45, 7) is 11.9. The van der Waals surface area contributed by atoms with Crippen molar-refractivity contribution in [3.8, 4) is 0 Å². The van der Waals surface area contributed by atoms with Gasteiger partial charge in [0.15, 0.2) is 0 Å². The van der Waals surface area contributed by atoms with Gasteiger partial charge in [-0.2, -0.15) is 0 Å². The predicted molar refractivity (Wildman–Crippen MR) is 99.2 cm³/mol. The van der Waals surface area contributed by atoms with Gasteiger partial charge in [-0.15, -0.1) is 11.6 Å². The Hall–Kier alpha value is 0.347. The van der Waals surface area contributed by atoms with Crippen LogP contribution in [-0.4, -0.2) is 40.2 Å². The van der Waals surface area contributed by atoms with Crippen LogP contribution in [0, 0.1) is 0 Å². The van der Waals surface area contributed by atoms with E-state index in [1.54, 1.807) is 0 Å². The highest BCUT2D eigenvalue weighted by molar-refractivity contribution is 6.68. The van der Waals surface area contributed by atoms with Gasteiger partial charge in [0.05, 0.1) is 0 Å². The third kappa shape index (κ3) is 10.0. The van der Waals surface area contributed by atoms with Crippen LogP contribution in [0.25, 0.3) is 0 Å². The molecule has 0 saturated heterocycles. The molecule has 0 aromatic carbocycles. The maximum atomic E-state index is 6.41. The van der Waals surface area contributed by atoms with Gasteiger partial charge in [0.25, 0.3) is 0 Å². The molecule has 0 amide bonds. The summed E-state index contributed by atoms with van der Waals surface area (Å²) in [6, 6.07) is 1.68. The smallest absolute Gasteiger partial charge is 0.343 e. The van der Waals surface area contributed by atoms with Crippen molar-refractivity contribution in [2.75, 3.05) is 19.1 Å². The third-order valence-electron chi connectivity index (χ3n) is 3.48. The summed E-state index contributed by atoms with van der Waals surface area (Å²) in [4.78, 5) is 0. The molecule has 2 atom stereocenters. The summed E-state index contributed by atoms with van der Waals surface area (Å²) in [5.41, 5.74) is 0. The van der Waals surface area contributed by atoms with Crippen molar-refractivity contribution in [1.29, 1.82) is 0 Å². The topological polar surface area (TPSA) is 36.9 Å². The lowest BCUT2D eigenvalue weighted by Gasteiger charge is -2.36. The molecule has 0 spiro atoms. The van der Waals surface area contributed by atoms with E-state index in [4.69, 9.17) is 29.9 Å². The lowest BCUT2D eigenvalue weighted by Crippen LogP contribution is -2.49. The van der Waals surface area contributed by atoms with Gasteiger partial charge in [-0.25, -0.2) is 0 Å². The summed E-state index contributed by atoms with van der Waals surface area (Å²) >= 11 is 6.08. The first kappa shape index (κ1) is 23.3. The van der Waals surface area contributed by atoms with Gasteiger partial charge >= 0.3 is 8.56 Å². The molecule has 0 aromatic rings. The van der Waals surface area contributed by atoms with Gasteiger partial charge in [-0.1, -0.05) is 41.0 Å². The second-order valence-corrected chi connectivity index (χ2v) is 9.42. The van der Waals surface area contributed by atoms with Crippen molar-refractivity contribution >= 4 is 20.2 Å². The van der Waals surface area contributed by atoms with E-state index >= 15 is 0 Å². The van der Waals surface area contributed by atoms with Crippen LogP contribution in [-0.2, 0) is 18.3 Å². The van der Waals surface area contributed by atoms with E-state index in [2.05, 4.69) is 34.6 Å². The molecule has 0 aromatic heterocycles. The molecule has 0 radical (unpaired) electrons. The standard InChI is InChI=1S/C17H37ClO4Si/c1-6-12-19-16(9-4)21-23(14-8-3,15-11-18)22-17(10-5)20-13-7-2/h16-17H,6-15H2,1-5H3. The number of rotatable bonds is 16. The fourth-order valence-corrected chi connectivity index (χ4v) is 6.48. The van der Waals surface area contributed by atoms with Gasteiger partial charge in [0.1, 0.15) is 12.6 Å². The molecule has 4 nitrogen and oxygen atoms in total. The highest BCUT2D eigenvalue weighted by Crippen LogP contribution is 2.27. The fraction of sp³-hybridized carbons (Fsp3) is 1.00. The van der Waals surface area contributed by atoms with E-state index in [0.717, 1.165) is 44.2 Å². The van der Waals surface area contributed by atoms with Crippen LogP contribution in [0.1, 0.15) is 66.7 Å². The molecule has 23 heavy (non-hydrogen) atoms. The molecule has 0 saturated carbocycles. The number of ether oxygens (including phenoxy) is 2. The zero-order valence-corrected chi connectivity index (χ0v) is 17.5. The van der Waals surface area contributed by atoms with Crippen molar-refractivity contribution in [1.82, 2.24) is 0 Å². The molecule has 0 aliphatic heterocycles. The Bertz CT molecular complexity index is 243. The largest absolute Gasteiger partial charge is 0.367 e. The zero-order valence-electron chi connectivity index (χ0n) is 15.7. The van der Waals surface area contributed by atoms with Gasteiger partial charge in [0, 0.05) is 25.1 Å². The number of alkyl halides is 1. The molecule has 6 heteroatoms. The van der Waals surface area contributed by atoms with E-state index in [1.165, 1.54) is 0 Å². The Labute approximate surface area is 149 Å². The number of halogens is 1. The highest BCUT2D eigenvalue weighted by Gasteiger charge is 2.41.